The largest absolute Gasteiger partial charge is 0.480 e. The number of carboxylic acid groups (broad SMARTS) is 1. The molecule has 104 valence electrons. The first-order chi connectivity index (χ1) is 9.22. The summed E-state index contributed by atoms with van der Waals surface area (Å²) in [5, 5.41) is 12.7. The van der Waals surface area contributed by atoms with Crippen LogP contribution in [0.3, 0.4) is 0 Å². The van der Waals surface area contributed by atoms with Crippen LogP contribution in [0.1, 0.15) is 37.3 Å². The van der Waals surface area contributed by atoms with Crippen LogP contribution in [-0.4, -0.2) is 23.7 Å². The Balaban J connectivity index is 2.10. The number of aliphatic carboxylic acids is 1. The summed E-state index contributed by atoms with van der Waals surface area (Å²) >= 11 is 0. The summed E-state index contributed by atoms with van der Waals surface area (Å²) in [6.45, 7) is 0.624. The number of carbonyl (C=O) groups is 1. The highest BCUT2D eigenvalue weighted by Crippen LogP contribution is 2.26. The Morgan fingerprint density at radius 1 is 1.32 bits per heavy atom. The zero-order chi connectivity index (χ0) is 13.7. The summed E-state index contributed by atoms with van der Waals surface area (Å²) in [6, 6.07) is 8.91. The number of nitrogens with two attached hydrogens (primary N) is 1. The van der Waals surface area contributed by atoms with E-state index in [1.807, 2.05) is 30.3 Å². The first-order valence-corrected chi connectivity index (χ1v) is 6.96. The second-order valence-corrected chi connectivity index (χ2v) is 5.24. The van der Waals surface area contributed by atoms with E-state index in [0.29, 0.717) is 12.5 Å². The van der Waals surface area contributed by atoms with E-state index in [0.717, 1.165) is 24.8 Å². The summed E-state index contributed by atoms with van der Waals surface area (Å²) in [6.07, 6.45) is 4.45. The highest BCUT2D eigenvalue weighted by atomic mass is 16.4. The molecular weight excluding hydrogens is 240 g/mol. The first-order valence-electron chi connectivity index (χ1n) is 6.96. The van der Waals surface area contributed by atoms with E-state index >= 15 is 0 Å². The van der Waals surface area contributed by atoms with Crippen molar-refractivity contribution in [3.8, 4) is 0 Å². The molecule has 1 aliphatic carbocycles. The van der Waals surface area contributed by atoms with E-state index in [9.17, 15) is 9.90 Å². The Kier molecular flexibility index (Phi) is 4.93. The summed E-state index contributed by atoms with van der Waals surface area (Å²) < 4.78 is 0. The van der Waals surface area contributed by atoms with Crippen molar-refractivity contribution in [1.29, 1.82) is 0 Å². The van der Waals surface area contributed by atoms with Gasteiger partial charge in [0.25, 0.3) is 0 Å². The van der Waals surface area contributed by atoms with Crippen molar-refractivity contribution >= 4 is 5.97 Å². The third kappa shape index (κ3) is 3.55. The molecule has 1 aromatic rings. The van der Waals surface area contributed by atoms with Gasteiger partial charge >= 0.3 is 5.97 Å². The number of hydrogen-bond donors (Lipinski definition) is 3. The van der Waals surface area contributed by atoms with Gasteiger partial charge in [-0.3, -0.25) is 10.1 Å². The summed E-state index contributed by atoms with van der Waals surface area (Å²) in [5.41, 5.74) is 6.60. The molecule has 4 nitrogen and oxygen atoms in total. The Bertz CT molecular complexity index is 408. The fraction of sp³-hybridized carbons (Fsp3) is 0.533. The van der Waals surface area contributed by atoms with Gasteiger partial charge in [0, 0.05) is 6.04 Å². The molecule has 0 amide bonds. The van der Waals surface area contributed by atoms with Crippen LogP contribution >= 0.6 is 0 Å². The molecule has 2 rings (SSSR count). The zero-order valence-electron chi connectivity index (χ0n) is 11.1. The van der Waals surface area contributed by atoms with Crippen molar-refractivity contribution in [1.82, 2.24) is 5.32 Å². The predicted octanol–water partition coefficient (Wildman–Crippen LogP) is 1.92. The lowest BCUT2D eigenvalue weighted by Crippen LogP contribution is -2.45. The SMILES string of the molecule is NCC1CCCCC1NC(C(=O)O)c1ccccc1. The van der Waals surface area contributed by atoms with Gasteiger partial charge in [-0.1, -0.05) is 43.2 Å². The third-order valence-electron chi connectivity index (χ3n) is 3.97. The van der Waals surface area contributed by atoms with Crippen molar-refractivity contribution in [2.24, 2.45) is 11.7 Å². The van der Waals surface area contributed by atoms with E-state index in [1.165, 1.54) is 6.42 Å². The van der Waals surface area contributed by atoms with E-state index in [-0.39, 0.29) is 6.04 Å². The fourth-order valence-electron chi connectivity index (χ4n) is 2.88. The maximum atomic E-state index is 11.5. The molecule has 19 heavy (non-hydrogen) atoms. The van der Waals surface area contributed by atoms with Gasteiger partial charge in [0.05, 0.1) is 0 Å². The van der Waals surface area contributed by atoms with E-state index in [1.54, 1.807) is 0 Å². The standard InChI is InChI=1S/C15H22N2O2/c16-10-12-8-4-5-9-13(12)17-14(15(18)19)11-6-2-1-3-7-11/h1-3,6-7,12-14,17H,4-5,8-10,16H2,(H,18,19). The van der Waals surface area contributed by atoms with Gasteiger partial charge in [0.15, 0.2) is 0 Å². The Morgan fingerprint density at radius 3 is 2.63 bits per heavy atom. The monoisotopic (exact) mass is 262 g/mol. The van der Waals surface area contributed by atoms with Crippen molar-refractivity contribution in [3.05, 3.63) is 35.9 Å². The number of benzene rings is 1. The van der Waals surface area contributed by atoms with Gasteiger partial charge in [-0.15, -0.1) is 0 Å². The quantitative estimate of drug-likeness (QED) is 0.758. The second kappa shape index (κ2) is 6.68. The molecule has 3 unspecified atom stereocenters. The van der Waals surface area contributed by atoms with Gasteiger partial charge < -0.3 is 10.8 Å². The molecule has 1 aromatic carbocycles. The van der Waals surface area contributed by atoms with Crippen molar-refractivity contribution in [2.45, 2.75) is 37.8 Å². The van der Waals surface area contributed by atoms with E-state index in [4.69, 9.17) is 5.73 Å². The number of nitrogens with one attached hydrogen (secondary N) is 1. The van der Waals surface area contributed by atoms with Gasteiger partial charge in [-0.05, 0) is 30.9 Å². The molecular formula is C15H22N2O2. The van der Waals surface area contributed by atoms with Crippen LogP contribution in [0.25, 0.3) is 0 Å². The fourth-order valence-corrected chi connectivity index (χ4v) is 2.88. The van der Waals surface area contributed by atoms with Gasteiger partial charge in [0.1, 0.15) is 6.04 Å². The number of hydrogen-bond acceptors (Lipinski definition) is 3. The maximum absolute atomic E-state index is 11.5. The topological polar surface area (TPSA) is 75.3 Å². The van der Waals surface area contributed by atoms with Crippen LogP contribution in [0.5, 0.6) is 0 Å². The Hall–Kier alpha value is -1.39. The molecule has 4 heteroatoms. The first kappa shape index (κ1) is 14.0. The maximum Gasteiger partial charge on any atom is 0.325 e. The van der Waals surface area contributed by atoms with Crippen LogP contribution in [0.15, 0.2) is 30.3 Å². The molecule has 0 bridgehead atoms. The van der Waals surface area contributed by atoms with Gasteiger partial charge in [-0.25, -0.2) is 0 Å². The molecule has 0 spiro atoms. The molecule has 0 aliphatic heterocycles. The smallest absolute Gasteiger partial charge is 0.325 e. The summed E-state index contributed by atoms with van der Waals surface area (Å²) in [4.78, 5) is 11.5. The van der Waals surface area contributed by atoms with Crippen molar-refractivity contribution in [2.75, 3.05) is 6.54 Å². The molecule has 1 fully saturated rings. The van der Waals surface area contributed by atoms with Crippen molar-refractivity contribution < 1.29 is 9.90 Å². The molecule has 0 heterocycles. The van der Waals surface area contributed by atoms with Crippen LogP contribution in [-0.2, 0) is 4.79 Å². The average Bonchev–Trinajstić information content (AvgIpc) is 2.45. The normalized spacial score (nSPS) is 24.9. The Morgan fingerprint density at radius 2 is 2.00 bits per heavy atom. The predicted molar refractivity (Wildman–Crippen MR) is 74.8 cm³/mol. The third-order valence-corrected chi connectivity index (χ3v) is 3.97. The Labute approximate surface area is 114 Å². The second-order valence-electron chi connectivity index (χ2n) is 5.24. The number of rotatable bonds is 5. The van der Waals surface area contributed by atoms with E-state index < -0.39 is 12.0 Å². The van der Waals surface area contributed by atoms with Crippen LogP contribution in [0.2, 0.25) is 0 Å². The molecule has 0 radical (unpaired) electrons. The van der Waals surface area contributed by atoms with Crippen LogP contribution in [0.4, 0.5) is 0 Å². The highest BCUT2D eigenvalue weighted by Gasteiger charge is 2.29. The molecule has 1 aliphatic rings. The van der Waals surface area contributed by atoms with Crippen LogP contribution in [0, 0.1) is 5.92 Å². The lowest BCUT2D eigenvalue weighted by Gasteiger charge is -2.33. The van der Waals surface area contributed by atoms with Crippen molar-refractivity contribution in [3.63, 3.8) is 0 Å². The minimum absolute atomic E-state index is 0.208. The molecule has 4 N–H and O–H groups in total. The minimum Gasteiger partial charge on any atom is -0.480 e. The summed E-state index contributed by atoms with van der Waals surface area (Å²) in [7, 11) is 0. The molecule has 0 aromatic heterocycles. The molecule has 1 saturated carbocycles. The van der Waals surface area contributed by atoms with Gasteiger partial charge in [0.2, 0.25) is 0 Å². The molecule has 0 saturated heterocycles. The average molecular weight is 262 g/mol. The lowest BCUT2D eigenvalue weighted by molar-refractivity contribution is -0.140. The minimum atomic E-state index is -0.826. The highest BCUT2D eigenvalue weighted by molar-refractivity contribution is 5.75. The number of carboxylic acids is 1. The lowest BCUT2D eigenvalue weighted by atomic mass is 9.84. The summed E-state index contributed by atoms with van der Waals surface area (Å²) in [5.74, 6) is -0.438. The molecule has 3 atom stereocenters. The van der Waals surface area contributed by atoms with Crippen LogP contribution < -0.4 is 11.1 Å². The zero-order valence-corrected chi connectivity index (χ0v) is 11.1. The van der Waals surface area contributed by atoms with E-state index in [2.05, 4.69) is 5.32 Å². The van der Waals surface area contributed by atoms with Gasteiger partial charge in [-0.2, -0.15) is 0 Å².